The highest BCUT2D eigenvalue weighted by atomic mass is 35.5. The first kappa shape index (κ1) is 16.3. The minimum Gasteiger partial charge on any atom is -0.393 e. The first-order valence-corrected chi connectivity index (χ1v) is 7.96. The topological polar surface area (TPSA) is 115 Å². The number of sulfonamides is 1. The van der Waals surface area contributed by atoms with Gasteiger partial charge in [0.25, 0.3) is 15.7 Å². The molecule has 7 nitrogen and oxygen atoms in total. The smallest absolute Gasteiger partial charge is 0.294 e. The van der Waals surface area contributed by atoms with Gasteiger partial charge < -0.3 is 5.73 Å². The Morgan fingerprint density at radius 1 is 1.14 bits per heavy atom. The maximum Gasteiger partial charge on any atom is 0.294 e. The fraction of sp³-hybridized carbons (Fsp3) is 0. The van der Waals surface area contributed by atoms with Gasteiger partial charge in [-0.05, 0) is 30.3 Å². The third-order valence-corrected chi connectivity index (χ3v) is 4.76. The van der Waals surface area contributed by atoms with Gasteiger partial charge in [0.1, 0.15) is 10.6 Å². The highest BCUT2D eigenvalue weighted by molar-refractivity contribution is 7.92. The monoisotopic (exact) mass is 361 g/mol. The highest BCUT2D eigenvalue weighted by Gasteiger charge is 2.20. The van der Waals surface area contributed by atoms with Crippen molar-refractivity contribution in [3.8, 4) is 0 Å². The lowest BCUT2D eigenvalue weighted by atomic mass is 10.2. The van der Waals surface area contributed by atoms with Crippen molar-refractivity contribution in [2.24, 2.45) is 0 Å². The minimum absolute atomic E-state index is 0.0167. The van der Waals surface area contributed by atoms with Crippen molar-refractivity contribution in [2.75, 3.05) is 10.5 Å². The van der Waals surface area contributed by atoms with Gasteiger partial charge in [0.15, 0.2) is 0 Å². The number of benzene rings is 2. The number of hydrogen-bond acceptors (Lipinski definition) is 5. The van der Waals surface area contributed by atoms with Crippen LogP contribution in [-0.2, 0) is 10.0 Å². The van der Waals surface area contributed by atoms with Crippen LogP contribution in [-0.4, -0.2) is 13.3 Å². The number of nitrogens with two attached hydrogens (primary N) is 1. The van der Waals surface area contributed by atoms with Crippen LogP contribution in [0.1, 0.15) is 0 Å². The van der Waals surface area contributed by atoms with Crippen LogP contribution in [0.4, 0.5) is 17.1 Å². The number of halogens is 2. The van der Waals surface area contributed by atoms with Crippen LogP contribution in [0.3, 0.4) is 0 Å². The van der Waals surface area contributed by atoms with Crippen molar-refractivity contribution in [3.63, 3.8) is 0 Å². The van der Waals surface area contributed by atoms with Gasteiger partial charge in [-0.25, -0.2) is 8.42 Å². The predicted octanol–water partition coefficient (Wildman–Crippen LogP) is 3.28. The maximum atomic E-state index is 12.3. The number of nitrogens with zero attached hydrogens (tertiary/aromatic N) is 1. The lowest BCUT2D eigenvalue weighted by molar-refractivity contribution is -0.383. The zero-order valence-electron chi connectivity index (χ0n) is 10.8. The Hall–Kier alpha value is -2.03. The van der Waals surface area contributed by atoms with Gasteiger partial charge in [-0.2, -0.15) is 0 Å². The molecule has 0 aliphatic rings. The van der Waals surface area contributed by atoms with Gasteiger partial charge in [-0.3, -0.25) is 14.8 Å². The molecule has 0 atom stereocenters. The number of nitrogen functional groups attached to an aromatic ring is 1. The summed E-state index contributed by atoms with van der Waals surface area (Å²) >= 11 is 11.6. The lowest BCUT2D eigenvalue weighted by Crippen LogP contribution is -2.13. The van der Waals surface area contributed by atoms with E-state index in [1.54, 1.807) is 0 Å². The minimum atomic E-state index is -4.05. The molecule has 2 aromatic rings. The molecular formula is C12H9Cl2N3O4S. The maximum absolute atomic E-state index is 12.3. The van der Waals surface area contributed by atoms with Gasteiger partial charge in [0, 0.05) is 11.1 Å². The molecule has 0 bridgehead atoms. The average Bonchev–Trinajstić information content (AvgIpc) is 2.43. The van der Waals surface area contributed by atoms with Crippen LogP contribution in [0, 0.1) is 10.1 Å². The van der Waals surface area contributed by atoms with E-state index < -0.39 is 20.6 Å². The Morgan fingerprint density at radius 2 is 1.82 bits per heavy atom. The molecule has 0 amide bonds. The number of nitro groups is 1. The van der Waals surface area contributed by atoms with Crippen LogP contribution >= 0.6 is 23.2 Å². The Bertz CT molecular complexity index is 855. The van der Waals surface area contributed by atoms with Crippen molar-refractivity contribution in [3.05, 3.63) is 56.6 Å². The van der Waals surface area contributed by atoms with Crippen LogP contribution in [0.15, 0.2) is 41.3 Å². The zero-order chi connectivity index (χ0) is 16.5. The van der Waals surface area contributed by atoms with E-state index in [4.69, 9.17) is 28.9 Å². The summed E-state index contributed by atoms with van der Waals surface area (Å²) in [4.78, 5) is 9.87. The molecule has 116 valence electrons. The fourth-order valence-corrected chi connectivity index (χ4v) is 3.47. The molecule has 10 heteroatoms. The number of rotatable bonds is 4. The summed E-state index contributed by atoms with van der Waals surface area (Å²) in [5, 5.41) is 11.0. The summed E-state index contributed by atoms with van der Waals surface area (Å²) in [6, 6.07) is 7.51. The SMILES string of the molecule is Nc1ccc(NS(=O)(=O)c2cc(Cl)ccc2Cl)cc1[N+](=O)[O-]. The zero-order valence-corrected chi connectivity index (χ0v) is 13.1. The number of nitrogens with one attached hydrogen (secondary N) is 1. The van der Waals surface area contributed by atoms with E-state index in [9.17, 15) is 18.5 Å². The molecule has 0 spiro atoms. The highest BCUT2D eigenvalue weighted by Crippen LogP contribution is 2.29. The molecular weight excluding hydrogens is 353 g/mol. The molecule has 0 fully saturated rings. The molecule has 0 saturated carbocycles. The largest absolute Gasteiger partial charge is 0.393 e. The van der Waals surface area contributed by atoms with Crippen molar-refractivity contribution in [2.45, 2.75) is 4.90 Å². The second-order valence-corrected chi connectivity index (χ2v) is 6.71. The molecule has 0 aliphatic heterocycles. The van der Waals surface area contributed by atoms with E-state index in [1.807, 2.05) is 0 Å². The molecule has 0 heterocycles. The summed E-state index contributed by atoms with van der Waals surface area (Å²) in [5.41, 5.74) is 4.95. The average molecular weight is 362 g/mol. The molecule has 0 aliphatic carbocycles. The molecule has 3 N–H and O–H groups in total. The van der Waals surface area contributed by atoms with E-state index in [0.717, 1.165) is 6.07 Å². The van der Waals surface area contributed by atoms with Crippen molar-refractivity contribution < 1.29 is 13.3 Å². The number of anilines is 2. The quantitative estimate of drug-likeness (QED) is 0.492. The summed E-state index contributed by atoms with van der Waals surface area (Å²) < 4.78 is 26.8. The Kier molecular flexibility index (Phi) is 4.45. The van der Waals surface area contributed by atoms with Gasteiger partial charge in [-0.15, -0.1) is 0 Å². The third-order valence-electron chi connectivity index (χ3n) is 2.66. The standard InChI is InChI=1S/C12H9Cl2N3O4S/c13-7-1-3-9(14)12(5-7)22(20,21)16-8-2-4-10(15)11(6-8)17(18)19/h1-6,16H,15H2. The Balaban J connectivity index is 2.43. The Labute approximate surface area is 135 Å². The second-order valence-electron chi connectivity index (χ2n) is 4.21. The first-order valence-electron chi connectivity index (χ1n) is 5.72. The van der Waals surface area contributed by atoms with Crippen LogP contribution in [0.5, 0.6) is 0 Å². The lowest BCUT2D eigenvalue weighted by Gasteiger charge is -2.10. The molecule has 0 radical (unpaired) electrons. The van der Waals surface area contributed by atoms with Crippen LogP contribution in [0.2, 0.25) is 10.0 Å². The molecule has 0 aromatic heterocycles. The van der Waals surface area contributed by atoms with Gasteiger partial charge in [0.2, 0.25) is 0 Å². The molecule has 22 heavy (non-hydrogen) atoms. The van der Waals surface area contributed by atoms with E-state index in [0.29, 0.717) is 0 Å². The van der Waals surface area contributed by atoms with Gasteiger partial charge in [0.05, 0.1) is 15.6 Å². The summed E-state index contributed by atoms with van der Waals surface area (Å²) in [6.45, 7) is 0. The summed E-state index contributed by atoms with van der Waals surface area (Å²) in [6.07, 6.45) is 0. The van der Waals surface area contributed by atoms with Gasteiger partial charge in [-0.1, -0.05) is 23.2 Å². The molecule has 0 saturated heterocycles. The second kappa shape index (κ2) is 5.99. The van der Waals surface area contributed by atoms with E-state index >= 15 is 0 Å². The van der Waals surface area contributed by atoms with Crippen LogP contribution in [0.25, 0.3) is 0 Å². The molecule has 0 unspecified atom stereocenters. The third kappa shape index (κ3) is 3.41. The van der Waals surface area contributed by atoms with E-state index in [1.165, 1.54) is 30.3 Å². The normalized spacial score (nSPS) is 11.2. The van der Waals surface area contributed by atoms with Crippen molar-refractivity contribution in [1.82, 2.24) is 0 Å². The summed E-state index contributed by atoms with van der Waals surface area (Å²) in [5.74, 6) is 0. The molecule has 2 aromatic carbocycles. The van der Waals surface area contributed by atoms with Crippen LogP contribution < -0.4 is 10.5 Å². The summed E-state index contributed by atoms with van der Waals surface area (Å²) in [7, 11) is -4.05. The fourth-order valence-electron chi connectivity index (χ4n) is 1.66. The predicted molar refractivity (Wildman–Crippen MR) is 84.8 cm³/mol. The van der Waals surface area contributed by atoms with Gasteiger partial charge >= 0.3 is 0 Å². The molecule has 2 rings (SSSR count). The number of nitro benzene ring substituents is 1. The Morgan fingerprint density at radius 3 is 2.45 bits per heavy atom. The van der Waals surface area contributed by atoms with Crippen molar-refractivity contribution in [1.29, 1.82) is 0 Å². The van der Waals surface area contributed by atoms with Crippen molar-refractivity contribution >= 4 is 50.3 Å². The van der Waals surface area contributed by atoms with E-state index in [2.05, 4.69) is 4.72 Å². The first-order chi connectivity index (χ1) is 10.2. The number of hydrogen-bond donors (Lipinski definition) is 2. The van der Waals surface area contributed by atoms with E-state index in [-0.39, 0.29) is 26.3 Å².